The zero-order valence-corrected chi connectivity index (χ0v) is 22.5. The normalized spacial score (nSPS) is 11.8. The number of hydrogen-bond acceptors (Lipinski definition) is 3. The molecule has 0 fully saturated rings. The molecule has 9 rings (SSSR count). The van der Waals surface area contributed by atoms with Gasteiger partial charge in [0.2, 0.25) is 0 Å². The molecule has 0 saturated heterocycles. The van der Waals surface area contributed by atoms with Crippen molar-refractivity contribution in [1.82, 2.24) is 14.5 Å². The molecule has 0 aliphatic heterocycles. The molecule has 0 saturated carbocycles. The maximum atomic E-state index is 6.24. The third kappa shape index (κ3) is 3.36. The van der Waals surface area contributed by atoms with E-state index in [2.05, 4.69) is 114 Å². The standard InChI is InChI=1S/C38H23N3O/c1-3-11-24(12-4-1)36-29-20-22-34-35(28-16-8-10-18-33(28)42-34)37(29)40-38(39-36)25-19-21-32-30(23-25)27-15-7-9-17-31(27)41(32)26-13-5-2-6-14-26/h1-23H. The van der Waals surface area contributed by atoms with Crippen LogP contribution in [0, 0.1) is 0 Å². The van der Waals surface area contributed by atoms with Gasteiger partial charge in [0, 0.05) is 38.4 Å². The van der Waals surface area contributed by atoms with E-state index in [0.29, 0.717) is 5.82 Å². The molecule has 3 aromatic heterocycles. The summed E-state index contributed by atoms with van der Waals surface area (Å²) in [6.45, 7) is 0. The van der Waals surface area contributed by atoms with Crippen LogP contribution in [-0.4, -0.2) is 14.5 Å². The first-order valence-corrected chi connectivity index (χ1v) is 14.1. The third-order valence-corrected chi connectivity index (χ3v) is 8.20. The maximum Gasteiger partial charge on any atom is 0.160 e. The number of benzene rings is 6. The topological polar surface area (TPSA) is 43.9 Å². The lowest BCUT2D eigenvalue weighted by atomic mass is 10.0. The molecule has 6 aromatic carbocycles. The van der Waals surface area contributed by atoms with E-state index in [1.165, 1.54) is 16.3 Å². The highest BCUT2D eigenvalue weighted by Gasteiger charge is 2.19. The summed E-state index contributed by atoms with van der Waals surface area (Å²) in [6.07, 6.45) is 0. The van der Waals surface area contributed by atoms with E-state index in [0.717, 1.165) is 60.9 Å². The highest BCUT2D eigenvalue weighted by atomic mass is 16.3. The predicted octanol–water partition coefficient (Wildman–Crippen LogP) is 9.96. The Morgan fingerprint density at radius 1 is 0.476 bits per heavy atom. The largest absolute Gasteiger partial charge is 0.456 e. The van der Waals surface area contributed by atoms with Gasteiger partial charge >= 0.3 is 0 Å². The zero-order chi connectivity index (χ0) is 27.6. The molecule has 0 aliphatic rings. The van der Waals surface area contributed by atoms with Crippen molar-refractivity contribution in [3.63, 3.8) is 0 Å². The lowest BCUT2D eigenvalue weighted by Crippen LogP contribution is -1.96. The molecule has 42 heavy (non-hydrogen) atoms. The molecule has 3 heterocycles. The minimum atomic E-state index is 0.692. The van der Waals surface area contributed by atoms with Crippen molar-refractivity contribution in [3.8, 4) is 28.3 Å². The van der Waals surface area contributed by atoms with Crippen LogP contribution in [0.15, 0.2) is 144 Å². The van der Waals surface area contributed by atoms with Crippen molar-refractivity contribution in [2.75, 3.05) is 0 Å². The van der Waals surface area contributed by atoms with Crippen LogP contribution >= 0.6 is 0 Å². The Hall–Kier alpha value is -5.74. The van der Waals surface area contributed by atoms with Crippen LogP contribution in [0.3, 0.4) is 0 Å². The van der Waals surface area contributed by atoms with Crippen molar-refractivity contribution >= 4 is 54.6 Å². The van der Waals surface area contributed by atoms with Crippen molar-refractivity contribution in [3.05, 3.63) is 140 Å². The number of para-hydroxylation sites is 3. The van der Waals surface area contributed by atoms with Gasteiger partial charge in [-0.15, -0.1) is 0 Å². The second-order valence-electron chi connectivity index (χ2n) is 10.6. The van der Waals surface area contributed by atoms with Crippen LogP contribution in [0.5, 0.6) is 0 Å². The van der Waals surface area contributed by atoms with Crippen molar-refractivity contribution in [1.29, 1.82) is 0 Å². The highest BCUT2D eigenvalue weighted by molar-refractivity contribution is 6.19. The van der Waals surface area contributed by atoms with E-state index in [4.69, 9.17) is 14.4 Å². The van der Waals surface area contributed by atoms with Crippen molar-refractivity contribution in [2.45, 2.75) is 0 Å². The molecule has 0 bridgehead atoms. The number of furan rings is 1. The smallest absolute Gasteiger partial charge is 0.160 e. The second kappa shape index (κ2) is 8.88. The summed E-state index contributed by atoms with van der Waals surface area (Å²) in [4.78, 5) is 10.5. The van der Waals surface area contributed by atoms with Crippen LogP contribution in [0.25, 0.3) is 83.0 Å². The lowest BCUT2D eigenvalue weighted by Gasteiger charge is -2.11. The summed E-state index contributed by atoms with van der Waals surface area (Å²) in [5.74, 6) is 0.692. The summed E-state index contributed by atoms with van der Waals surface area (Å²) in [5, 5.41) is 5.45. The van der Waals surface area contributed by atoms with E-state index >= 15 is 0 Å². The molecular formula is C38H23N3O. The first kappa shape index (κ1) is 23.0. The molecule has 9 aromatic rings. The van der Waals surface area contributed by atoms with Gasteiger partial charge in [0.1, 0.15) is 11.2 Å². The Morgan fingerprint density at radius 2 is 1.19 bits per heavy atom. The van der Waals surface area contributed by atoms with Gasteiger partial charge in [-0.3, -0.25) is 0 Å². The lowest BCUT2D eigenvalue weighted by molar-refractivity contribution is 0.669. The highest BCUT2D eigenvalue weighted by Crippen LogP contribution is 2.39. The minimum Gasteiger partial charge on any atom is -0.456 e. The fraction of sp³-hybridized carbons (Fsp3) is 0. The summed E-state index contributed by atoms with van der Waals surface area (Å²) in [6, 6.07) is 48.3. The number of rotatable bonds is 3. The number of hydrogen-bond donors (Lipinski definition) is 0. The quantitative estimate of drug-likeness (QED) is 0.225. The Kier molecular flexibility index (Phi) is 4.87. The van der Waals surface area contributed by atoms with Crippen LogP contribution in [0.1, 0.15) is 0 Å². The summed E-state index contributed by atoms with van der Waals surface area (Å²) in [7, 11) is 0. The van der Waals surface area contributed by atoms with Gasteiger partial charge in [-0.05, 0) is 54.6 Å². The van der Waals surface area contributed by atoms with Gasteiger partial charge in [-0.1, -0.05) is 84.9 Å². The second-order valence-corrected chi connectivity index (χ2v) is 10.6. The summed E-state index contributed by atoms with van der Waals surface area (Å²) >= 11 is 0. The fourth-order valence-electron chi connectivity index (χ4n) is 6.32. The van der Waals surface area contributed by atoms with E-state index in [-0.39, 0.29) is 0 Å². The molecular weight excluding hydrogens is 514 g/mol. The molecule has 0 radical (unpaired) electrons. The SMILES string of the molecule is c1ccc(-c2nc(-c3ccc4c(c3)c3ccccc3n4-c3ccccc3)nc3c2ccc2oc4ccccc4c23)cc1. The van der Waals surface area contributed by atoms with Gasteiger partial charge < -0.3 is 8.98 Å². The molecule has 0 unspecified atom stereocenters. The molecule has 4 heteroatoms. The Bertz CT molecular complexity index is 2460. The minimum absolute atomic E-state index is 0.692. The average molecular weight is 538 g/mol. The van der Waals surface area contributed by atoms with Gasteiger partial charge in [0.25, 0.3) is 0 Å². The Labute approximate surface area is 241 Å². The molecule has 0 atom stereocenters. The van der Waals surface area contributed by atoms with Gasteiger partial charge in [-0.25, -0.2) is 9.97 Å². The number of nitrogens with zero attached hydrogens (tertiary/aromatic N) is 3. The van der Waals surface area contributed by atoms with Gasteiger partial charge in [0.15, 0.2) is 5.82 Å². The van der Waals surface area contributed by atoms with Gasteiger partial charge in [-0.2, -0.15) is 0 Å². The maximum absolute atomic E-state index is 6.24. The van der Waals surface area contributed by atoms with E-state index in [1.807, 2.05) is 30.3 Å². The molecule has 4 nitrogen and oxygen atoms in total. The Morgan fingerprint density at radius 3 is 2.05 bits per heavy atom. The molecule has 0 amide bonds. The van der Waals surface area contributed by atoms with Crippen molar-refractivity contribution < 1.29 is 4.42 Å². The number of fused-ring (bicyclic) bond motifs is 8. The summed E-state index contributed by atoms with van der Waals surface area (Å²) in [5.41, 5.74) is 8.99. The summed E-state index contributed by atoms with van der Waals surface area (Å²) < 4.78 is 8.56. The zero-order valence-electron chi connectivity index (χ0n) is 22.5. The average Bonchev–Trinajstić information content (AvgIpc) is 3.61. The number of aromatic nitrogens is 3. The molecule has 0 spiro atoms. The van der Waals surface area contributed by atoms with Gasteiger partial charge in [0.05, 0.1) is 27.6 Å². The molecule has 0 N–H and O–H groups in total. The van der Waals surface area contributed by atoms with E-state index in [1.54, 1.807) is 0 Å². The molecule has 196 valence electrons. The van der Waals surface area contributed by atoms with Crippen LogP contribution in [0.4, 0.5) is 0 Å². The first-order valence-electron chi connectivity index (χ1n) is 14.1. The fourth-order valence-corrected chi connectivity index (χ4v) is 6.32. The molecule has 0 aliphatic carbocycles. The van der Waals surface area contributed by atoms with Crippen molar-refractivity contribution in [2.24, 2.45) is 0 Å². The van der Waals surface area contributed by atoms with Crippen LogP contribution in [-0.2, 0) is 0 Å². The Balaban J connectivity index is 1.36. The third-order valence-electron chi connectivity index (χ3n) is 8.20. The van der Waals surface area contributed by atoms with Crippen LogP contribution < -0.4 is 0 Å². The van der Waals surface area contributed by atoms with E-state index in [9.17, 15) is 0 Å². The predicted molar refractivity (Wildman–Crippen MR) is 172 cm³/mol. The first-order chi connectivity index (χ1) is 20.8. The monoisotopic (exact) mass is 537 g/mol. The van der Waals surface area contributed by atoms with E-state index < -0.39 is 0 Å². The van der Waals surface area contributed by atoms with Crippen LogP contribution in [0.2, 0.25) is 0 Å².